The second-order valence-electron chi connectivity index (χ2n) is 8.25. The fraction of sp³-hybridized carbons (Fsp3) is 0.0303. The van der Waals surface area contributed by atoms with Crippen LogP contribution in [0.1, 0.15) is 34.7 Å². The van der Waals surface area contributed by atoms with Gasteiger partial charge < -0.3 is 0 Å². The van der Waals surface area contributed by atoms with E-state index in [4.69, 9.17) is 0 Å². The Bertz CT molecular complexity index is 1480. The first kappa shape index (κ1) is 21.4. The highest BCUT2D eigenvalue weighted by atomic mass is 14.6. The van der Waals surface area contributed by atoms with E-state index in [0.29, 0.717) is 0 Å². The predicted molar refractivity (Wildman–Crippen MR) is 147 cm³/mol. The Labute approximate surface area is 201 Å². The number of nitrogens with zero attached hydrogens (tertiary/aromatic N) is 1. The van der Waals surface area contributed by atoms with Crippen LogP contribution >= 0.6 is 0 Å². The molecular formula is C33H25N. The second-order valence-corrected chi connectivity index (χ2v) is 8.25. The van der Waals surface area contributed by atoms with Crippen LogP contribution in [0, 0.1) is 0 Å². The van der Waals surface area contributed by atoms with Gasteiger partial charge >= 0.3 is 0 Å². The number of benzene rings is 3. The van der Waals surface area contributed by atoms with Crippen molar-refractivity contribution in [3.63, 3.8) is 0 Å². The molecule has 1 nitrogen and oxygen atoms in total. The average molecular weight is 436 g/mol. The van der Waals surface area contributed by atoms with Crippen LogP contribution in [-0.2, 0) is 0 Å². The summed E-state index contributed by atoms with van der Waals surface area (Å²) in [7, 11) is 0. The Morgan fingerprint density at radius 1 is 0.676 bits per heavy atom. The van der Waals surface area contributed by atoms with Gasteiger partial charge in [-0.2, -0.15) is 0 Å². The third-order valence-electron chi connectivity index (χ3n) is 6.24. The van der Waals surface area contributed by atoms with Crippen molar-refractivity contribution in [2.45, 2.75) is 6.92 Å². The molecule has 0 N–H and O–H groups in total. The fourth-order valence-corrected chi connectivity index (χ4v) is 4.77. The molecular weight excluding hydrogens is 410 g/mol. The Morgan fingerprint density at radius 3 is 1.85 bits per heavy atom. The molecule has 1 aliphatic rings. The minimum absolute atomic E-state index is 1.01. The second kappa shape index (κ2) is 9.19. The molecule has 0 atom stereocenters. The summed E-state index contributed by atoms with van der Waals surface area (Å²) >= 11 is 0. The molecule has 162 valence electrons. The SMILES string of the molecule is C=Cc1c(C=C)c(-c2ccccc2)c2c(c1-c1ccccc1)C=CC(c1cccnc1)=C=C2C. The quantitative estimate of drug-likeness (QED) is 0.285. The van der Waals surface area contributed by atoms with Crippen LogP contribution in [0.2, 0.25) is 0 Å². The lowest BCUT2D eigenvalue weighted by molar-refractivity contribution is 1.31. The molecule has 4 aromatic rings. The van der Waals surface area contributed by atoms with Gasteiger partial charge in [0.05, 0.1) is 0 Å². The maximum absolute atomic E-state index is 4.32. The minimum atomic E-state index is 1.01. The van der Waals surface area contributed by atoms with E-state index in [-0.39, 0.29) is 0 Å². The molecule has 1 aliphatic carbocycles. The van der Waals surface area contributed by atoms with Gasteiger partial charge in [0.15, 0.2) is 0 Å². The first-order valence-corrected chi connectivity index (χ1v) is 11.4. The van der Waals surface area contributed by atoms with Crippen LogP contribution in [-0.4, -0.2) is 4.98 Å². The van der Waals surface area contributed by atoms with Gasteiger partial charge in [-0.25, -0.2) is 0 Å². The van der Waals surface area contributed by atoms with Crippen molar-refractivity contribution < 1.29 is 0 Å². The van der Waals surface area contributed by atoms with E-state index < -0.39 is 0 Å². The van der Waals surface area contributed by atoms with Crippen LogP contribution in [0.5, 0.6) is 0 Å². The van der Waals surface area contributed by atoms with E-state index in [1.54, 1.807) is 6.20 Å². The summed E-state index contributed by atoms with van der Waals surface area (Å²) in [4.78, 5) is 4.32. The highest BCUT2D eigenvalue weighted by Gasteiger charge is 2.24. The van der Waals surface area contributed by atoms with Gasteiger partial charge in [0.2, 0.25) is 0 Å². The monoisotopic (exact) mass is 435 g/mol. The van der Waals surface area contributed by atoms with Crippen molar-refractivity contribution in [2.75, 3.05) is 0 Å². The zero-order chi connectivity index (χ0) is 23.5. The van der Waals surface area contributed by atoms with E-state index in [1.165, 1.54) is 5.56 Å². The predicted octanol–water partition coefficient (Wildman–Crippen LogP) is 8.81. The molecule has 0 saturated carbocycles. The summed E-state index contributed by atoms with van der Waals surface area (Å²) in [6.07, 6.45) is 12.0. The van der Waals surface area contributed by atoms with Gasteiger partial charge in [-0.1, -0.05) is 98.1 Å². The highest BCUT2D eigenvalue weighted by molar-refractivity contribution is 6.03. The topological polar surface area (TPSA) is 12.9 Å². The maximum Gasteiger partial charge on any atom is 0.0352 e. The van der Waals surface area contributed by atoms with Crippen molar-refractivity contribution in [3.05, 3.63) is 138 Å². The van der Waals surface area contributed by atoms with Crippen molar-refractivity contribution in [1.29, 1.82) is 0 Å². The maximum atomic E-state index is 4.32. The zero-order valence-corrected chi connectivity index (χ0v) is 19.3. The molecule has 0 spiro atoms. The normalized spacial score (nSPS) is 12.3. The van der Waals surface area contributed by atoms with Crippen LogP contribution < -0.4 is 0 Å². The summed E-state index contributed by atoms with van der Waals surface area (Å²) in [6.45, 7) is 10.6. The van der Waals surface area contributed by atoms with Crippen molar-refractivity contribution in [1.82, 2.24) is 4.98 Å². The standard InChI is InChI=1S/C33H25N/c1-4-28-29(5-2)33(25-15-10-7-11-16-25)31-23(3)21-26(27-17-12-20-34-22-27)18-19-30(31)32(28)24-13-8-6-9-14-24/h4-20,22H,1-2H2,3H3. The van der Waals surface area contributed by atoms with Gasteiger partial charge in [-0.05, 0) is 58.0 Å². The third kappa shape index (κ3) is 3.69. The van der Waals surface area contributed by atoms with E-state index in [2.05, 4.69) is 97.5 Å². The number of rotatable bonds is 5. The Kier molecular flexibility index (Phi) is 5.79. The van der Waals surface area contributed by atoms with Gasteiger partial charge in [0.1, 0.15) is 0 Å². The minimum Gasteiger partial charge on any atom is -0.264 e. The van der Waals surface area contributed by atoms with Crippen LogP contribution in [0.3, 0.4) is 0 Å². The summed E-state index contributed by atoms with van der Waals surface area (Å²) in [5, 5.41) is 0. The van der Waals surface area contributed by atoms with Gasteiger partial charge in [-0.15, -0.1) is 5.73 Å². The summed E-state index contributed by atoms with van der Waals surface area (Å²) < 4.78 is 0. The van der Waals surface area contributed by atoms with Crippen molar-refractivity contribution >= 4 is 29.4 Å². The Balaban J connectivity index is 1.95. The van der Waals surface area contributed by atoms with Crippen LogP contribution in [0.25, 0.3) is 51.6 Å². The zero-order valence-electron chi connectivity index (χ0n) is 19.3. The summed E-state index contributed by atoms with van der Waals surface area (Å²) in [5.74, 6) is 0. The van der Waals surface area contributed by atoms with Crippen molar-refractivity contribution in [3.8, 4) is 22.3 Å². The number of hydrogen-bond donors (Lipinski definition) is 0. The van der Waals surface area contributed by atoms with E-state index >= 15 is 0 Å². The molecule has 1 aromatic heterocycles. The molecule has 0 unspecified atom stereocenters. The van der Waals surface area contributed by atoms with E-state index in [1.807, 2.05) is 36.5 Å². The fourth-order valence-electron chi connectivity index (χ4n) is 4.77. The molecule has 0 saturated heterocycles. The molecule has 0 amide bonds. The first-order valence-electron chi connectivity index (χ1n) is 11.4. The molecule has 5 rings (SSSR count). The molecule has 34 heavy (non-hydrogen) atoms. The van der Waals surface area contributed by atoms with Gasteiger partial charge in [-0.3, -0.25) is 4.98 Å². The van der Waals surface area contributed by atoms with Gasteiger partial charge in [0, 0.05) is 34.7 Å². The molecule has 0 bridgehead atoms. The number of pyridine rings is 1. The molecule has 0 fully saturated rings. The Hall–Kier alpha value is -4.45. The van der Waals surface area contributed by atoms with Gasteiger partial charge in [0.25, 0.3) is 0 Å². The third-order valence-corrected chi connectivity index (χ3v) is 6.24. The number of aromatic nitrogens is 1. The van der Waals surface area contributed by atoms with E-state index in [0.717, 1.165) is 55.7 Å². The molecule has 1 heteroatoms. The van der Waals surface area contributed by atoms with Crippen LogP contribution in [0.4, 0.5) is 0 Å². The lowest BCUT2D eigenvalue weighted by Crippen LogP contribution is -2.02. The van der Waals surface area contributed by atoms with E-state index in [9.17, 15) is 0 Å². The summed E-state index contributed by atoms with van der Waals surface area (Å²) in [5.41, 5.74) is 15.9. The molecule has 0 aliphatic heterocycles. The Morgan fingerprint density at radius 2 is 1.26 bits per heavy atom. The average Bonchev–Trinajstić information content (AvgIpc) is 3.07. The van der Waals surface area contributed by atoms with Crippen LogP contribution in [0.15, 0.2) is 110 Å². The highest BCUT2D eigenvalue weighted by Crippen LogP contribution is 2.45. The smallest absolute Gasteiger partial charge is 0.0352 e. The first-order chi connectivity index (χ1) is 16.7. The number of hydrogen-bond acceptors (Lipinski definition) is 1. The lowest BCUT2D eigenvalue weighted by Gasteiger charge is -2.23. The lowest BCUT2D eigenvalue weighted by atomic mass is 9.79. The molecule has 3 aromatic carbocycles. The molecule has 1 heterocycles. The van der Waals surface area contributed by atoms with Crippen molar-refractivity contribution in [2.24, 2.45) is 0 Å². The largest absolute Gasteiger partial charge is 0.264 e. The summed E-state index contributed by atoms with van der Waals surface area (Å²) in [6, 6.07) is 25.1. The number of allylic oxidation sites excluding steroid dienone is 2. The number of fused-ring (bicyclic) bond motifs is 1. The molecule has 0 radical (unpaired) electrons.